The molecule has 3 heterocycles. The van der Waals surface area contributed by atoms with Crippen LogP contribution in [-0.4, -0.2) is 34.4 Å². The minimum absolute atomic E-state index is 0.517. The highest BCUT2D eigenvalue weighted by atomic mass is 16.5. The zero-order valence-corrected chi connectivity index (χ0v) is 10.4. The average Bonchev–Trinajstić information content (AvgIpc) is 2.81. The highest BCUT2D eigenvalue weighted by molar-refractivity contribution is 5.39. The average molecular weight is 246 g/mol. The molecule has 0 bridgehead atoms. The third kappa shape index (κ3) is 2.23. The van der Waals surface area contributed by atoms with Gasteiger partial charge in [0.15, 0.2) is 5.65 Å². The summed E-state index contributed by atoms with van der Waals surface area (Å²) in [5, 5.41) is 4.66. The van der Waals surface area contributed by atoms with E-state index in [1.54, 1.807) is 0 Å². The monoisotopic (exact) mass is 246 g/mol. The molecule has 0 aliphatic carbocycles. The second-order valence-corrected chi connectivity index (χ2v) is 4.72. The fraction of sp³-hybridized carbons (Fsp3) is 0.538. The lowest BCUT2D eigenvalue weighted by Crippen LogP contribution is -2.15. The quantitative estimate of drug-likeness (QED) is 0.881. The van der Waals surface area contributed by atoms with Gasteiger partial charge in [-0.2, -0.15) is 5.10 Å². The lowest BCUT2D eigenvalue weighted by molar-refractivity contribution is 0.0843. The molecule has 0 amide bonds. The molecule has 0 radical (unpaired) electrons. The minimum atomic E-state index is 0.517. The van der Waals surface area contributed by atoms with Crippen molar-refractivity contribution in [3.63, 3.8) is 0 Å². The molecule has 18 heavy (non-hydrogen) atoms. The van der Waals surface area contributed by atoms with E-state index in [9.17, 15) is 0 Å². The molecule has 0 spiro atoms. The number of aromatic nitrogens is 3. The summed E-state index contributed by atoms with van der Waals surface area (Å²) in [6.45, 7) is 2.30. The van der Waals surface area contributed by atoms with E-state index < -0.39 is 0 Å². The number of ether oxygens (including phenoxy) is 1. The lowest BCUT2D eigenvalue weighted by Gasteiger charge is -2.21. The van der Waals surface area contributed by atoms with Crippen molar-refractivity contribution in [3.05, 3.63) is 29.7 Å². The van der Waals surface area contributed by atoms with Crippen molar-refractivity contribution >= 4 is 5.65 Å². The third-order valence-corrected chi connectivity index (χ3v) is 3.43. The van der Waals surface area contributed by atoms with Crippen LogP contribution in [0.5, 0.6) is 0 Å². The molecule has 5 nitrogen and oxygen atoms in total. The van der Waals surface area contributed by atoms with Crippen LogP contribution >= 0.6 is 0 Å². The third-order valence-electron chi connectivity index (χ3n) is 3.43. The summed E-state index contributed by atoms with van der Waals surface area (Å²) >= 11 is 0. The Hall–Kier alpha value is -1.46. The Kier molecular flexibility index (Phi) is 3.25. The van der Waals surface area contributed by atoms with Gasteiger partial charge >= 0.3 is 0 Å². The van der Waals surface area contributed by atoms with Crippen LogP contribution in [0.2, 0.25) is 0 Å². The molecular weight excluding hydrogens is 228 g/mol. The number of hydrogen-bond donors (Lipinski definition) is 1. The summed E-state index contributed by atoms with van der Waals surface area (Å²) in [6, 6.07) is 4.13. The van der Waals surface area contributed by atoms with Gasteiger partial charge in [-0.15, -0.1) is 0 Å². The van der Waals surface area contributed by atoms with Crippen LogP contribution in [0.1, 0.15) is 30.1 Å². The Balaban J connectivity index is 1.89. The first-order valence-electron chi connectivity index (χ1n) is 6.50. The van der Waals surface area contributed by atoms with Gasteiger partial charge in [-0.25, -0.2) is 9.50 Å². The van der Waals surface area contributed by atoms with E-state index in [1.165, 1.54) is 0 Å². The van der Waals surface area contributed by atoms with Crippen molar-refractivity contribution in [2.24, 2.45) is 5.73 Å². The van der Waals surface area contributed by atoms with Gasteiger partial charge in [-0.05, 0) is 31.5 Å². The maximum Gasteiger partial charge on any atom is 0.153 e. The van der Waals surface area contributed by atoms with Gasteiger partial charge in [-0.3, -0.25) is 0 Å². The molecule has 96 valence electrons. The normalized spacial score (nSPS) is 17.4. The number of hydrogen-bond acceptors (Lipinski definition) is 4. The lowest BCUT2D eigenvalue weighted by atomic mass is 9.96. The van der Waals surface area contributed by atoms with Crippen molar-refractivity contribution in [1.29, 1.82) is 0 Å². The second-order valence-electron chi connectivity index (χ2n) is 4.72. The van der Waals surface area contributed by atoms with Crippen molar-refractivity contribution in [2.45, 2.75) is 25.2 Å². The number of rotatable bonds is 3. The fourth-order valence-electron chi connectivity index (χ4n) is 2.43. The largest absolute Gasteiger partial charge is 0.381 e. The fourth-order valence-corrected chi connectivity index (χ4v) is 2.43. The van der Waals surface area contributed by atoms with Crippen LogP contribution in [0.25, 0.3) is 5.65 Å². The van der Waals surface area contributed by atoms with E-state index in [2.05, 4.69) is 16.1 Å². The molecule has 0 saturated carbocycles. The molecule has 2 N–H and O–H groups in total. The predicted octanol–water partition coefficient (Wildman–Crippen LogP) is 1.12. The summed E-state index contributed by atoms with van der Waals surface area (Å²) in [7, 11) is 0. The topological polar surface area (TPSA) is 65.4 Å². The number of nitrogens with zero attached hydrogens (tertiary/aromatic N) is 3. The van der Waals surface area contributed by atoms with E-state index in [4.69, 9.17) is 10.5 Å². The molecule has 3 rings (SSSR count). The van der Waals surface area contributed by atoms with Gasteiger partial charge in [0.1, 0.15) is 0 Å². The molecule has 2 aromatic rings. The Morgan fingerprint density at radius 3 is 2.94 bits per heavy atom. The highest BCUT2D eigenvalue weighted by Gasteiger charge is 2.17. The zero-order valence-electron chi connectivity index (χ0n) is 10.4. The van der Waals surface area contributed by atoms with E-state index >= 15 is 0 Å². The molecule has 1 aliphatic heterocycles. The van der Waals surface area contributed by atoms with Crippen LogP contribution in [0.4, 0.5) is 0 Å². The standard InChI is InChI=1S/C13H18N4O/c14-6-3-11-9-17-13(15-11)2-1-12(16-17)10-4-7-18-8-5-10/h1-2,9-10H,3-8,14H2. The summed E-state index contributed by atoms with van der Waals surface area (Å²) in [6.07, 6.45) is 4.90. The van der Waals surface area contributed by atoms with Gasteiger partial charge in [0.05, 0.1) is 17.6 Å². The molecule has 1 fully saturated rings. The molecule has 1 saturated heterocycles. The Bertz CT molecular complexity index is 531. The molecule has 1 aliphatic rings. The Morgan fingerprint density at radius 2 is 2.17 bits per heavy atom. The molecule has 0 unspecified atom stereocenters. The van der Waals surface area contributed by atoms with Crippen LogP contribution in [0.15, 0.2) is 18.3 Å². The van der Waals surface area contributed by atoms with Crippen LogP contribution in [0.3, 0.4) is 0 Å². The van der Waals surface area contributed by atoms with Crippen molar-refractivity contribution in [2.75, 3.05) is 19.8 Å². The van der Waals surface area contributed by atoms with Crippen LogP contribution in [-0.2, 0) is 11.2 Å². The smallest absolute Gasteiger partial charge is 0.153 e. The van der Waals surface area contributed by atoms with Crippen molar-refractivity contribution < 1.29 is 4.74 Å². The number of imidazole rings is 1. The molecule has 5 heteroatoms. The first kappa shape index (κ1) is 11.6. The van der Waals surface area contributed by atoms with Gasteiger partial charge in [0.2, 0.25) is 0 Å². The Labute approximate surface area is 106 Å². The summed E-state index contributed by atoms with van der Waals surface area (Å²) in [5.74, 6) is 0.517. The van der Waals surface area contributed by atoms with Crippen molar-refractivity contribution in [1.82, 2.24) is 14.6 Å². The number of nitrogens with two attached hydrogens (primary N) is 1. The number of fused-ring (bicyclic) bond motifs is 1. The zero-order chi connectivity index (χ0) is 12.4. The SMILES string of the molecule is NCCc1cn2nc(C3CCOCC3)ccc2n1. The van der Waals surface area contributed by atoms with E-state index in [-0.39, 0.29) is 0 Å². The highest BCUT2D eigenvalue weighted by Crippen LogP contribution is 2.25. The summed E-state index contributed by atoms with van der Waals surface area (Å²) in [4.78, 5) is 4.48. The van der Waals surface area contributed by atoms with E-state index in [0.717, 1.165) is 49.5 Å². The van der Waals surface area contributed by atoms with Gasteiger partial charge in [0.25, 0.3) is 0 Å². The first-order valence-corrected chi connectivity index (χ1v) is 6.50. The Morgan fingerprint density at radius 1 is 1.33 bits per heavy atom. The summed E-state index contributed by atoms with van der Waals surface area (Å²) < 4.78 is 7.25. The van der Waals surface area contributed by atoms with E-state index in [0.29, 0.717) is 12.5 Å². The first-order chi connectivity index (χ1) is 8.86. The van der Waals surface area contributed by atoms with Crippen LogP contribution < -0.4 is 5.73 Å². The second kappa shape index (κ2) is 5.04. The molecular formula is C13H18N4O. The molecule has 2 aromatic heterocycles. The minimum Gasteiger partial charge on any atom is -0.381 e. The van der Waals surface area contributed by atoms with Crippen LogP contribution in [0, 0.1) is 0 Å². The molecule has 0 atom stereocenters. The molecule has 0 aromatic carbocycles. The van der Waals surface area contributed by atoms with Gasteiger partial charge < -0.3 is 10.5 Å². The van der Waals surface area contributed by atoms with E-state index in [1.807, 2.05) is 16.8 Å². The predicted molar refractivity (Wildman–Crippen MR) is 68.5 cm³/mol. The van der Waals surface area contributed by atoms with Crippen molar-refractivity contribution in [3.8, 4) is 0 Å². The maximum absolute atomic E-state index is 5.55. The maximum atomic E-state index is 5.55. The van der Waals surface area contributed by atoms with Gasteiger partial charge in [-0.1, -0.05) is 0 Å². The van der Waals surface area contributed by atoms with Gasteiger partial charge in [0, 0.05) is 25.6 Å². The summed E-state index contributed by atoms with van der Waals surface area (Å²) in [5.41, 5.74) is 8.59.